The predicted octanol–water partition coefficient (Wildman–Crippen LogP) is 2.44. The molecular formula is C20H29NO5S. The molecule has 0 spiro atoms. The highest BCUT2D eigenvalue weighted by atomic mass is 32.2. The van der Waals surface area contributed by atoms with Gasteiger partial charge >= 0.3 is 5.97 Å². The zero-order valence-electron chi connectivity index (χ0n) is 16.7. The van der Waals surface area contributed by atoms with Crippen molar-refractivity contribution in [3.63, 3.8) is 0 Å². The molecule has 2 rings (SSSR count). The largest absolute Gasteiger partial charge is 0.452 e. The zero-order valence-corrected chi connectivity index (χ0v) is 17.6. The Labute approximate surface area is 161 Å². The highest BCUT2D eigenvalue weighted by Crippen LogP contribution is 2.20. The average molecular weight is 396 g/mol. The number of nitrogens with zero attached hydrogens (tertiary/aromatic N) is 1. The van der Waals surface area contributed by atoms with E-state index in [-0.39, 0.29) is 36.0 Å². The molecule has 0 saturated carbocycles. The first-order valence-electron chi connectivity index (χ1n) is 9.25. The molecule has 1 atom stereocenters. The van der Waals surface area contributed by atoms with Crippen molar-refractivity contribution in [2.24, 2.45) is 5.92 Å². The first kappa shape index (κ1) is 21.4. The van der Waals surface area contributed by atoms with Crippen molar-refractivity contribution in [3.05, 3.63) is 34.4 Å². The summed E-state index contributed by atoms with van der Waals surface area (Å²) >= 11 is 0. The Morgan fingerprint density at radius 2 is 1.78 bits per heavy atom. The SMILES string of the molecule is Cc1cc(C)c(C(=O)OCC(=O)N(CC(C)C)[C@H]2CCS(=O)(=O)C2)c(C)c1. The van der Waals surface area contributed by atoms with Crippen LogP contribution in [-0.2, 0) is 19.4 Å². The van der Waals surface area contributed by atoms with E-state index in [0.717, 1.165) is 16.7 Å². The minimum absolute atomic E-state index is 0.0183. The molecule has 150 valence electrons. The van der Waals surface area contributed by atoms with E-state index < -0.39 is 15.8 Å². The molecule has 1 heterocycles. The summed E-state index contributed by atoms with van der Waals surface area (Å²) in [5.41, 5.74) is 3.16. The van der Waals surface area contributed by atoms with Gasteiger partial charge in [-0.3, -0.25) is 4.79 Å². The Bertz CT molecular complexity index is 806. The van der Waals surface area contributed by atoms with Crippen LogP contribution in [0.5, 0.6) is 0 Å². The normalized spacial score (nSPS) is 18.5. The number of benzene rings is 1. The van der Waals surface area contributed by atoms with Crippen molar-refractivity contribution < 1.29 is 22.7 Å². The van der Waals surface area contributed by atoms with E-state index in [2.05, 4.69) is 0 Å². The lowest BCUT2D eigenvalue weighted by Crippen LogP contribution is -2.45. The maximum Gasteiger partial charge on any atom is 0.339 e. The summed E-state index contributed by atoms with van der Waals surface area (Å²) in [4.78, 5) is 26.7. The van der Waals surface area contributed by atoms with E-state index in [0.29, 0.717) is 18.5 Å². The van der Waals surface area contributed by atoms with Gasteiger partial charge in [-0.15, -0.1) is 0 Å². The standard InChI is InChI=1S/C20H29NO5S/c1-13(2)10-21(17-6-7-27(24,25)12-17)18(22)11-26-20(23)19-15(4)8-14(3)9-16(19)5/h8-9,13,17H,6-7,10-12H2,1-5H3/t17-/m0/s1. The predicted molar refractivity (Wildman–Crippen MR) is 105 cm³/mol. The molecule has 1 aliphatic rings. The van der Waals surface area contributed by atoms with Crippen LogP contribution < -0.4 is 0 Å². The van der Waals surface area contributed by atoms with Gasteiger partial charge in [-0.1, -0.05) is 31.5 Å². The maximum absolute atomic E-state index is 12.7. The van der Waals surface area contributed by atoms with E-state index in [9.17, 15) is 18.0 Å². The van der Waals surface area contributed by atoms with Crippen LogP contribution in [0.25, 0.3) is 0 Å². The van der Waals surface area contributed by atoms with E-state index in [4.69, 9.17) is 4.74 Å². The number of ether oxygens (including phenoxy) is 1. The third-order valence-corrected chi connectivity index (χ3v) is 6.49. The molecule has 1 fully saturated rings. The molecule has 1 aromatic rings. The smallest absolute Gasteiger partial charge is 0.339 e. The van der Waals surface area contributed by atoms with E-state index >= 15 is 0 Å². The first-order valence-corrected chi connectivity index (χ1v) is 11.1. The third kappa shape index (κ3) is 5.54. The highest BCUT2D eigenvalue weighted by molar-refractivity contribution is 7.91. The number of esters is 1. The van der Waals surface area contributed by atoms with Crippen LogP contribution in [0.15, 0.2) is 12.1 Å². The number of hydrogen-bond donors (Lipinski definition) is 0. The van der Waals surface area contributed by atoms with Gasteiger partial charge in [0.15, 0.2) is 16.4 Å². The molecule has 6 nitrogen and oxygen atoms in total. The van der Waals surface area contributed by atoms with Crippen molar-refractivity contribution in [3.8, 4) is 0 Å². The molecule has 1 aliphatic heterocycles. The van der Waals surface area contributed by atoms with Crippen molar-refractivity contribution in [1.82, 2.24) is 4.90 Å². The van der Waals surface area contributed by atoms with Crippen LogP contribution in [0.1, 0.15) is 47.3 Å². The molecular weight excluding hydrogens is 366 g/mol. The topological polar surface area (TPSA) is 80.8 Å². The lowest BCUT2D eigenvalue weighted by Gasteiger charge is -2.29. The summed E-state index contributed by atoms with van der Waals surface area (Å²) < 4.78 is 28.9. The van der Waals surface area contributed by atoms with Gasteiger partial charge in [0.1, 0.15) is 0 Å². The van der Waals surface area contributed by atoms with Crippen LogP contribution >= 0.6 is 0 Å². The van der Waals surface area contributed by atoms with Gasteiger partial charge in [0, 0.05) is 12.6 Å². The summed E-state index contributed by atoms with van der Waals surface area (Å²) in [5.74, 6) is -0.602. The zero-order chi connectivity index (χ0) is 20.4. The van der Waals surface area contributed by atoms with Crippen molar-refractivity contribution in [2.75, 3.05) is 24.7 Å². The minimum atomic E-state index is -3.10. The lowest BCUT2D eigenvalue weighted by molar-refractivity contribution is -0.137. The fraction of sp³-hybridized carbons (Fsp3) is 0.600. The second kappa shape index (κ2) is 8.42. The third-order valence-electron chi connectivity index (χ3n) is 4.74. The number of rotatable bonds is 6. The van der Waals surface area contributed by atoms with Gasteiger partial charge in [-0.2, -0.15) is 0 Å². The van der Waals surface area contributed by atoms with Gasteiger partial charge in [-0.25, -0.2) is 13.2 Å². The van der Waals surface area contributed by atoms with E-state index in [1.807, 2.05) is 46.8 Å². The number of aryl methyl sites for hydroxylation is 3. The Kier molecular flexibility index (Phi) is 6.68. The second-order valence-corrected chi connectivity index (χ2v) is 10.1. The molecule has 1 aromatic carbocycles. The quantitative estimate of drug-likeness (QED) is 0.691. The number of carbonyl (C=O) groups excluding carboxylic acids is 2. The van der Waals surface area contributed by atoms with Crippen LogP contribution in [-0.4, -0.2) is 55.9 Å². The Morgan fingerprint density at radius 1 is 1.19 bits per heavy atom. The summed E-state index contributed by atoms with van der Waals surface area (Å²) in [6.07, 6.45) is 0.435. The van der Waals surface area contributed by atoms with Gasteiger partial charge in [0.05, 0.1) is 17.1 Å². The molecule has 0 aromatic heterocycles. The summed E-state index contributed by atoms with van der Waals surface area (Å²) in [5, 5.41) is 0. The maximum atomic E-state index is 12.7. The minimum Gasteiger partial charge on any atom is -0.452 e. The fourth-order valence-electron chi connectivity index (χ4n) is 3.65. The van der Waals surface area contributed by atoms with Crippen LogP contribution in [0.3, 0.4) is 0 Å². The Balaban J connectivity index is 2.08. The number of carbonyl (C=O) groups is 2. The highest BCUT2D eigenvalue weighted by Gasteiger charge is 2.35. The lowest BCUT2D eigenvalue weighted by atomic mass is 10.00. The van der Waals surface area contributed by atoms with Crippen LogP contribution in [0, 0.1) is 26.7 Å². The number of sulfone groups is 1. The fourth-order valence-corrected chi connectivity index (χ4v) is 5.38. The number of hydrogen-bond acceptors (Lipinski definition) is 5. The van der Waals surface area contributed by atoms with Gasteiger partial charge < -0.3 is 9.64 Å². The molecule has 7 heteroatoms. The van der Waals surface area contributed by atoms with Crippen molar-refractivity contribution >= 4 is 21.7 Å². The molecule has 1 amide bonds. The molecule has 1 saturated heterocycles. The molecule has 0 N–H and O–H groups in total. The van der Waals surface area contributed by atoms with E-state index in [1.54, 1.807) is 4.90 Å². The molecule has 0 aliphatic carbocycles. The van der Waals surface area contributed by atoms with Crippen molar-refractivity contribution in [2.45, 2.75) is 47.1 Å². The monoisotopic (exact) mass is 395 g/mol. The number of amides is 1. The van der Waals surface area contributed by atoms with Crippen LogP contribution in [0.2, 0.25) is 0 Å². The van der Waals surface area contributed by atoms with Crippen LogP contribution in [0.4, 0.5) is 0 Å². The van der Waals surface area contributed by atoms with Gasteiger partial charge in [0.2, 0.25) is 0 Å². The average Bonchev–Trinajstić information content (AvgIpc) is 2.89. The summed E-state index contributed by atoms with van der Waals surface area (Å²) in [6, 6.07) is 3.46. The molecule has 0 radical (unpaired) electrons. The van der Waals surface area contributed by atoms with Crippen molar-refractivity contribution in [1.29, 1.82) is 0 Å². The van der Waals surface area contributed by atoms with E-state index in [1.165, 1.54) is 0 Å². The molecule has 27 heavy (non-hydrogen) atoms. The van der Waals surface area contributed by atoms with Gasteiger partial charge in [-0.05, 0) is 44.2 Å². The molecule has 0 bridgehead atoms. The van der Waals surface area contributed by atoms with Gasteiger partial charge in [0.25, 0.3) is 5.91 Å². The summed E-state index contributed by atoms with van der Waals surface area (Å²) in [6.45, 7) is 9.63. The molecule has 0 unspecified atom stereocenters. The summed E-state index contributed by atoms with van der Waals surface area (Å²) in [7, 11) is -3.10. The first-order chi connectivity index (χ1) is 12.5. The Hall–Kier alpha value is -1.89. The Morgan fingerprint density at radius 3 is 2.26 bits per heavy atom. The second-order valence-electron chi connectivity index (χ2n) is 7.85.